The molecule has 0 aromatic rings. The zero-order valence-corrected chi connectivity index (χ0v) is 9.82. The number of carbonyl (C=O) groups excluding carboxylic acids is 1. The summed E-state index contributed by atoms with van der Waals surface area (Å²) >= 11 is 0. The van der Waals surface area contributed by atoms with Gasteiger partial charge in [0.2, 0.25) is 5.91 Å². The van der Waals surface area contributed by atoms with Gasteiger partial charge < -0.3 is 15.7 Å². The van der Waals surface area contributed by atoms with Gasteiger partial charge in [-0.1, -0.05) is 13.8 Å². The molecule has 5 heteroatoms. The van der Waals surface area contributed by atoms with Crippen molar-refractivity contribution in [2.24, 2.45) is 5.92 Å². The maximum Gasteiger partial charge on any atom is 0.326 e. The van der Waals surface area contributed by atoms with Crippen LogP contribution in [-0.2, 0) is 9.59 Å². The first-order valence-corrected chi connectivity index (χ1v) is 5.76. The molecule has 1 aliphatic heterocycles. The van der Waals surface area contributed by atoms with Crippen LogP contribution in [0.4, 0.5) is 0 Å². The lowest BCUT2D eigenvalue weighted by molar-refractivity contribution is -0.143. The van der Waals surface area contributed by atoms with Crippen molar-refractivity contribution in [3.05, 3.63) is 0 Å². The van der Waals surface area contributed by atoms with Gasteiger partial charge in [-0.2, -0.15) is 0 Å². The number of hydrogen-bond acceptors (Lipinski definition) is 3. The van der Waals surface area contributed by atoms with Gasteiger partial charge in [-0.05, 0) is 25.3 Å². The standard InChI is InChI=1S/C11H20N2O3/c1-7(2)10(11(15)16)13-9(14)6-8-4-3-5-12-8/h7-8,10,12H,3-6H2,1-2H3,(H,13,14)(H,15,16)/t8?,10-/m1/s1. The van der Waals surface area contributed by atoms with Crippen LogP contribution in [0.25, 0.3) is 0 Å². The number of carboxylic acids is 1. The largest absolute Gasteiger partial charge is 0.480 e. The Kier molecular flexibility index (Phi) is 4.73. The third-order valence-corrected chi connectivity index (χ3v) is 2.84. The van der Waals surface area contributed by atoms with E-state index in [1.54, 1.807) is 13.8 Å². The summed E-state index contributed by atoms with van der Waals surface area (Å²) in [6.07, 6.45) is 2.45. The second kappa shape index (κ2) is 5.84. The van der Waals surface area contributed by atoms with Crippen molar-refractivity contribution in [1.29, 1.82) is 0 Å². The average Bonchev–Trinajstić information content (AvgIpc) is 2.65. The Labute approximate surface area is 95.6 Å². The number of aliphatic carboxylic acids is 1. The third-order valence-electron chi connectivity index (χ3n) is 2.84. The van der Waals surface area contributed by atoms with Gasteiger partial charge in [-0.15, -0.1) is 0 Å². The molecule has 92 valence electrons. The summed E-state index contributed by atoms with van der Waals surface area (Å²) in [4.78, 5) is 22.5. The summed E-state index contributed by atoms with van der Waals surface area (Å²) in [5, 5.41) is 14.7. The predicted molar refractivity (Wildman–Crippen MR) is 60.0 cm³/mol. The molecule has 1 unspecified atom stereocenters. The van der Waals surface area contributed by atoms with Crippen molar-refractivity contribution in [2.45, 2.75) is 45.2 Å². The Balaban J connectivity index is 2.38. The fraction of sp³-hybridized carbons (Fsp3) is 0.818. The van der Waals surface area contributed by atoms with Gasteiger partial charge in [0, 0.05) is 12.5 Å². The number of carboxylic acid groups (broad SMARTS) is 1. The minimum Gasteiger partial charge on any atom is -0.480 e. The van der Waals surface area contributed by atoms with E-state index in [2.05, 4.69) is 10.6 Å². The molecular formula is C11H20N2O3. The molecule has 1 fully saturated rings. The van der Waals surface area contributed by atoms with Crippen LogP contribution < -0.4 is 10.6 Å². The fourth-order valence-electron chi connectivity index (χ4n) is 1.90. The van der Waals surface area contributed by atoms with Gasteiger partial charge >= 0.3 is 5.97 Å². The van der Waals surface area contributed by atoms with E-state index in [4.69, 9.17) is 5.11 Å². The average molecular weight is 228 g/mol. The van der Waals surface area contributed by atoms with E-state index in [-0.39, 0.29) is 17.9 Å². The van der Waals surface area contributed by atoms with E-state index in [0.29, 0.717) is 6.42 Å². The molecule has 0 bridgehead atoms. The van der Waals surface area contributed by atoms with E-state index in [1.165, 1.54) is 0 Å². The SMILES string of the molecule is CC(C)[C@@H](NC(=O)CC1CCCN1)C(=O)O. The van der Waals surface area contributed by atoms with Crippen molar-refractivity contribution in [3.8, 4) is 0 Å². The maximum absolute atomic E-state index is 11.6. The van der Waals surface area contributed by atoms with Gasteiger partial charge in [-0.3, -0.25) is 4.79 Å². The monoisotopic (exact) mass is 228 g/mol. The van der Waals surface area contributed by atoms with Gasteiger partial charge in [0.05, 0.1) is 0 Å². The highest BCUT2D eigenvalue weighted by molar-refractivity contribution is 5.84. The van der Waals surface area contributed by atoms with E-state index in [9.17, 15) is 9.59 Å². The Morgan fingerprint density at radius 1 is 1.50 bits per heavy atom. The Morgan fingerprint density at radius 3 is 2.62 bits per heavy atom. The quantitative estimate of drug-likeness (QED) is 0.634. The molecule has 0 aromatic heterocycles. The summed E-state index contributed by atoms with van der Waals surface area (Å²) in [6.45, 7) is 4.52. The first kappa shape index (κ1) is 13.0. The first-order chi connectivity index (χ1) is 7.50. The summed E-state index contributed by atoms with van der Waals surface area (Å²) in [6, 6.07) is -0.574. The van der Waals surface area contributed by atoms with Crippen LogP contribution in [0.1, 0.15) is 33.1 Å². The van der Waals surface area contributed by atoms with Crippen LogP contribution in [0.15, 0.2) is 0 Å². The molecule has 5 nitrogen and oxygen atoms in total. The van der Waals surface area contributed by atoms with Crippen molar-refractivity contribution >= 4 is 11.9 Å². The Bertz CT molecular complexity index is 260. The van der Waals surface area contributed by atoms with Crippen molar-refractivity contribution in [1.82, 2.24) is 10.6 Å². The second-order valence-corrected chi connectivity index (χ2v) is 4.62. The number of nitrogens with one attached hydrogen (secondary N) is 2. The molecule has 1 saturated heterocycles. The van der Waals surface area contributed by atoms with Crippen molar-refractivity contribution in [2.75, 3.05) is 6.54 Å². The molecular weight excluding hydrogens is 208 g/mol. The topological polar surface area (TPSA) is 78.4 Å². The molecule has 0 saturated carbocycles. The summed E-state index contributed by atoms with van der Waals surface area (Å²) in [5.74, 6) is -1.25. The molecule has 2 atom stereocenters. The van der Waals surface area contributed by atoms with Gasteiger partial charge in [-0.25, -0.2) is 4.79 Å². The zero-order valence-electron chi connectivity index (χ0n) is 9.82. The van der Waals surface area contributed by atoms with Crippen molar-refractivity contribution < 1.29 is 14.7 Å². The summed E-state index contributed by atoms with van der Waals surface area (Å²) in [7, 11) is 0. The molecule has 0 radical (unpaired) electrons. The van der Waals surface area contributed by atoms with Crippen molar-refractivity contribution in [3.63, 3.8) is 0 Å². The van der Waals surface area contributed by atoms with Crippen LogP contribution in [0.2, 0.25) is 0 Å². The normalized spacial score (nSPS) is 22.1. The highest BCUT2D eigenvalue weighted by atomic mass is 16.4. The number of hydrogen-bond donors (Lipinski definition) is 3. The molecule has 0 aromatic carbocycles. The summed E-state index contributed by atoms with van der Waals surface area (Å²) < 4.78 is 0. The van der Waals surface area contributed by atoms with E-state index < -0.39 is 12.0 Å². The lowest BCUT2D eigenvalue weighted by Crippen LogP contribution is -2.45. The zero-order chi connectivity index (χ0) is 12.1. The predicted octanol–water partition coefficient (Wildman–Crippen LogP) is 0.354. The molecule has 3 N–H and O–H groups in total. The number of carbonyl (C=O) groups is 2. The summed E-state index contributed by atoms with van der Waals surface area (Å²) in [5.41, 5.74) is 0. The Morgan fingerprint density at radius 2 is 2.19 bits per heavy atom. The van der Waals surface area contributed by atoms with Gasteiger partial charge in [0.25, 0.3) is 0 Å². The van der Waals surface area contributed by atoms with Crippen LogP contribution in [0.3, 0.4) is 0 Å². The van der Waals surface area contributed by atoms with E-state index >= 15 is 0 Å². The molecule has 1 amide bonds. The second-order valence-electron chi connectivity index (χ2n) is 4.62. The molecule has 0 aliphatic carbocycles. The lowest BCUT2D eigenvalue weighted by Gasteiger charge is -2.19. The molecule has 16 heavy (non-hydrogen) atoms. The van der Waals surface area contributed by atoms with Gasteiger partial charge in [0.1, 0.15) is 6.04 Å². The fourth-order valence-corrected chi connectivity index (χ4v) is 1.90. The van der Waals surface area contributed by atoms with Crippen LogP contribution >= 0.6 is 0 Å². The molecule has 1 aliphatic rings. The number of rotatable bonds is 5. The number of amides is 1. The molecule has 1 heterocycles. The smallest absolute Gasteiger partial charge is 0.326 e. The third kappa shape index (κ3) is 3.81. The highest BCUT2D eigenvalue weighted by Crippen LogP contribution is 2.09. The lowest BCUT2D eigenvalue weighted by atomic mass is 10.0. The first-order valence-electron chi connectivity index (χ1n) is 5.76. The van der Waals surface area contributed by atoms with Crippen LogP contribution in [-0.4, -0.2) is 35.6 Å². The minimum absolute atomic E-state index is 0.0991. The van der Waals surface area contributed by atoms with Gasteiger partial charge in [0.15, 0.2) is 0 Å². The Hall–Kier alpha value is -1.10. The maximum atomic E-state index is 11.6. The van der Waals surface area contributed by atoms with Crippen LogP contribution in [0, 0.1) is 5.92 Å². The molecule has 0 spiro atoms. The molecule has 1 rings (SSSR count). The van der Waals surface area contributed by atoms with E-state index in [1.807, 2.05) is 0 Å². The minimum atomic E-state index is -0.970. The van der Waals surface area contributed by atoms with E-state index in [0.717, 1.165) is 19.4 Å². The van der Waals surface area contributed by atoms with Crippen LogP contribution in [0.5, 0.6) is 0 Å². The highest BCUT2D eigenvalue weighted by Gasteiger charge is 2.25.